The van der Waals surface area contributed by atoms with Crippen molar-refractivity contribution in [1.29, 1.82) is 0 Å². The number of nitrogens with zero attached hydrogens (tertiary/aromatic N) is 2. The molecule has 0 aliphatic heterocycles. The molecule has 0 radical (unpaired) electrons. The quantitative estimate of drug-likeness (QED) is 0.753. The van der Waals surface area contributed by atoms with E-state index in [1.807, 2.05) is 6.92 Å². The third kappa shape index (κ3) is 5.21. The molecule has 1 rings (SSSR count). The molecule has 1 heterocycles. The molecule has 2 N–H and O–H groups in total. The van der Waals surface area contributed by atoms with Gasteiger partial charge < -0.3 is 15.0 Å². The van der Waals surface area contributed by atoms with Gasteiger partial charge in [0.15, 0.2) is 0 Å². The van der Waals surface area contributed by atoms with Crippen LogP contribution in [0, 0.1) is 11.3 Å². The van der Waals surface area contributed by atoms with E-state index in [-0.39, 0.29) is 11.5 Å². The Hall–Kier alpha value is -0.940. The Morgan fingerprint density at radius 2 is 2.00 bits per heavy atom. The summed E-state index contributed by atoms with van der Waals surface area (Å²) in [4.78, 5) is 4.48. The highest BCUT2D eigenvalue weighted by Crippen LogP contribution is 2.27. The van der Waals surface area contributed by atoms with Crippen molar-refractivity contribution in [3.63, 3.8) is 0 Å². The Morgan fingerprint density at radius 1 is 1.30 bits per heavy atom. The maximum atomic E-state index is 5.69. The number of ether oxygens (including phenoxy) is 1. The summed E-state index contributed by atoms with van der Waals surface area (Å²) in [6, 6.07) is 0. The van der Waals surface area contributed by atoms with Crippen LogP contribution in [0.3, 0.4) is 0 Å². The Morgan fingerprint density at radius 3 is 2.55 bits per heavy atom. The van der Waals surface area contributed by atoms with E-state index in [9.17, 15) is 0 Å². The van der Waals surface area contributed by atoms with E-state index in [1.54, 1.807) is 0 Å². The van der Waals surface area contributed by atoms with Gasteiger partial charge in [-0.1, -0.05) is 32.9 Å². The fraction of sp³-hybridized carbons (Fsp3) is 0.867. The van der Waals surface area contributed by atoms with Crippen LogP contribution in [-0.2, 0) is 11.2 Å². The molecule has 20 heavy (non-hydrogen) atoms. The van der Waals surface area contributed by atoms with Gasteiger partial charge in [0.2, 0.25) is 11.7 Å². The van der Waals surface area contributed by atoms with Crippen LogP contribution < -0.4 is 5.73 Å². The van der Waals surface area contributed by atoms with E-state index >= 15 is 0 Å². The molecule has 0 aromatic carbocycles. The molecular formula is C15H29N3O2. The minimum absolute atomic E-state index is 0.0884. The summed E-state index contributed by atoms with van der Waals surface area (Å²) >= 11 is 0. The first-order chi connectivity index (χ1) is 9.39. The Labute approximate surface area is 122 Å². The van der Waals surface area contributed by atoms with Crippen molar-refractivity contribution in [2.75, 3.05) is 13.2 Å². The zero-order valence-corrected chi connectivity index (χ0v) is 13.5. The molecule has 1 aromatic heterocycles. The molecule has 5 nitrogen and oxygen atoms in total. The maximum Gasteiger partial charge on any atom is 0.226 e. The average Bonchev–Trinajstić information content (AvgIpc) is 2.81. The SMILES string of the molecule is CCOC(c1noc(CCC(C)(C)CCN)n1)C(C)C. The van der Waals surface area contributed by atoms with Crippen LogP contribution >= 0.6 is 0 Å². The molecule has 0 fully saturated rings. The zero-order chi connectivity index (χ0) is 15.2. The van der Waals surface area contributed by atoms with Gasteiger partial charge in [-0.25, -0.2) is 0 Å². The van der Waals surface area contributed by atoms with Crippen LogP contribution in [0.4, 0.5) is 0 Å². The van der Waals surface area contributed by atoms with Crippen LogP contribution in [0.5, 0.6) is 0 Å². The molecule has 0 saturated heterocycles. The Balaban J connectivity index is 2.62. The third-order valence-electron chi connectivity index (χ3n) is 3.53. The summed E-state index contributed by atoms with van der Waals surface area (Å²) in [5, 5.41) is 4.07. The number of hydrogen-bond donors (Lipinski definition) is 1. The van der Waals surface area contributed by atoms with Crippen molar-refractivity contribution in [3.05, 3.63) is 11.7 Å². The lowest BCUT2D eigenvalue weighted by atomic mass is 9.84. The first-order valence-corrected chi connectivity index (χ1v) is 7.53. The monoisotopic (exact) mass is 283 g/mol. The van der Waals surface area contributed by atoms with Crippen molar-refractivity contribution >= 4 is 0 Å². The molecule has 5 heteroatoms. The summed E-state index contributed by atoms with van der Waals surface area (Å²) in [6.07, 6.45) is 2.69. The van der Waals surface area contributed by atoms with Gasteiger partial charge in [0.25, 0.3) is 0 Å². The molecule has 0 amide bonds. The van der Waals surface area contributed by atoms with Crippen molar-refractivity contribution in [1.82, 2.24) is 10.1 Å². The molecule has 0 bridgehead atoms. The zero-order valence-electron chi connectivity index (χ0n) is 13.5. The van der Waals surface area contributed by atoms with E-state index < -0.39 is 0 Å². The van der Waals surface area contributed by atoms with Crippen molar-refractivity contribution in [2.24, 2.45) is 17.1 Å². The van der Waals surface area contributed by atoms with Crippen molar-refractivity contribution in [2.45, 2.75) is 60.0 Å². The predicted molar refractivity (Wildman–Crippen MR) is 79.3 cm³/mol. The van der Waals surface area contributed by atoms with E-state index in [0.717, 1.165) is 19.3 Å². The van der Waals surface area contributed by atoms with Crippen LogP contribution in [0.25, 0.3) is 0 Å². The highest BCUT2D eigenvalue weighted by Gasteiger charge is 2.23. The van der Waals surface area contributed by atoms with Gasteiger partial charge in [-0.05, 0) is 37.6 Å². The lowest BCUT2D eigenvalue weighted by Crippen LogP contribution is -2.18. The highest BCUT2D eigenvalue weighted by atomic mass is 16.5. The van der Waals surface area contributed by atoms with Gasteiger partial charge in [0.1, 0.15) is 6.10 Å². The molecule has 116 valence electrons. The molecule has 0 spiro atoms. The van der Waals surface area contributed by atoms with Gasteiger partial charge in [-0.2, -0.15) is 4.98 Å². The average molecular weight is 283 g/mol. The number of hydrogen-bond acceptors (Lipinski definition) is 5. The van der Waals surface area contributed by atoms with E-state index in [0.29, 0.717) is 30.8 Å². The van der Waals surface area contributed by atoms with Gasteiger partial charge in [-0.15, -0.1) is 0 Å². The van der Waals surface area contributed by atoms with E-state index in [2.05, 4.69) is 37.8 Å². The van der Waals surface area contributed by atoms with Gasteiger partial charge in [-0.3, -0.25) is 0 Å². The van der Waals surface area contributed by atoms with E-state index in [4.69, 9.17) is 15.0 Å². The summed E-state index contributed by atoms with van der Waals surface area (Å²) in [7, 11) is 0. The van der Waals surface area contributed by atoms with Crippen LogP contribution in [0.15, 0.2) is 4.52 Å². The molecular weight excluding hydrogens is 254 g/mol. The standard InChI is InChI=1S/C15H29N3O2/c1-6-19-13(11(2)3)14-17-12(20-18-14)7-8-15(4,5)9-10-16/h11,13H,6-10,16H2,1-5H3. The molecule has 0 aliphatic carbocycles. The van der Waals surface area contributed by atoms with Crippen LogP contribution in [0.1, 0.15) is 65.3 Å². The largest absolute Gasteiger partial charge is 0.370 e. The van der Waals surface area contributed by atoms with Crippen molar-refractivity contribution in [3.8, 4) is 0 Å². The molecule has 0 saturated carbocycles. The first-order valence-electron chi connectivity index (χ1n) is 7.53. The second-order valence-electron chi connectivity index (χ2n) is 6.37. The van der Waals surface area contributed by atoms with Gasteiger partial charge in [0, 0.05) is 13.0 Å². The molecule has 1 atom stereocenters. The fourth-order valence-electron chi connectivity index (χ4n) is 2.19. The fourth-order valence-corrected chi connectivity index (χ4v) is 2.19. The summed E-state index contributed by atoms with van der Waals surface area (Å²) in [6.45, 7) is 12.0. The van der Waals surface area contributed by atoms with Crippen LogP contribution in [-0.4, -0.2) is 23.3 Å². The molecule has 0 aliphatic rings. The normalized spacial score (nSPS) is 13.9. The topological polar surface area (TPSA) is 74.2 Å². The van der Waals surface area contributed by atoms with Crippen molar-refractivity contribution < 1.29 is 9.26 Å². The number of aryl methyl sites for hydroxylation is 1. The number of rotatable bonds is 9. The predicted octanol–water partition coefficient (Wildman–Crippen LogP) is 3.11. The first kappa shape index (κ1) is 17.1. The highest BCUT2D eigenvalue weighted by molar-refractivity contribution is 4.93. The number of aromatic nitrogens is 2. The minimum atomic E-state index is -0.0884. The Bertz CT molecular complexity index is 388. The van der Waals surface area contributed by atoms with E-state index in [1.165, 1.54) is 0 Å². The lowest BCUT2D eigenvalue weighted by Gasteiger charge is -2.22. The number of nitrogens with two attached hydrogens (primary N) is 1. The molecule has 1 unspecified atom stereocenters. The third-order valence-corrected chi connectivity index (χ3v) is 3.53. The summed E-state index contributed by atoms with van der Waals surface area (Å²) in [5.41, 5.74) is 5.84. The summed E-state index contributed by atoms with van der Waals surface area (Å²) in [5.74, 6) is 1.68. The molecule has 1 aromatic rings. The van der Waals surface area contributed by atoms with Gasteiger partial charge in [0.05, 0.1) is 0 Å². The lowest BCUT2D eigenvalue weighted by molar-refractivity contribution is 0.0217. The second-order valence-corrected chi connectivity index (χ2v) is 6.37. The maximum absolute atomic E-state index is 5.69. The second kappa shape index (κ2) is 7.74. The van der Waals surface area contributed by atoms with Crippen LogP contribution in [0.2, 0.25) is 0 Å². The summed E-state index contributed by atoms with van der Waals surface area (Å²) < 4.78 is 11.0. The minimum Gasteiger partial charge on any atom is -0.370 e. The Kier molecular flexibility index (Phi) is 6.62. The smallest absolute Gasteiger partial charge is 0.226 e. The van der Waals surface area contributed by atoms with Gasteiger partial charge >= 0.3 is 0 Å².